The van der Waals surface area contributed by atoms with Gasteiger partial charge in [-0.15, -0.1) is 0 Å². The molecule has 1 unspecified atom stereocenters. The molecule has 1 N–H and O–H groups in total. The second-order valence-electron chi connectivity index (χ2n) is 7.47. The van der Waals surface area contributed by atoms with Gasteiger partial charge < -0.3 is 10.1 Å². The minimum Gasteiger partial charge on any atom is -0.495 e. The minimum absolute atomic E-state index is 0.169. The molecule has 1 fully saturated rings. The van der Waals surface area contributed by atoms with Crippen LogP contribution in [0.1, 0.15) is 36.0 Å². The van der Waals surface area contributed by atoms with E-state index in [0.29, 0.717) is 36.2 Å². The smallest absolute Gasteiger partial charge is 0.247 e. The summed E-state index contributed by atoms with van der Waals surface area (Å²) in [5.41, 5.74) is 2.40. The van der Waals surface area contributed by atoms with Gasteiger partial charge in [-0.1, -0.05) is 18.2 Å². The highest BCUT2D eigenvalue weighted by molar-refractivity contribution is 7.89. The Balaban J connectivity index is 1.64. The van der Waals surface area contributed by atoms with E-state index in [1.165, 1.54) is 11.4 Å². The second kappa shape index (κ2) is 8.60. The first-order chi connectivity index (χ1) is 14.9. The molecule has 1 aliphatic heterocycles. The van der Waals surface area contributed by atoms with Gasteiger partial charge in [-0.25, -0.2) is 23.4 Å². The normalized spacial score (nSPS) is 16.9. The van der Waals surface area contributed by atoms with E-state index in [2.05, 4.69) is 20.3 Å². The van der Waals surface area contributed by atoms with Crippen molar-refractivity contribution in [3.63, 3.8) is 0 Å². The first-order valence-corrected chi connectivity index (χ1v) is 11.5. The SMILES string of the molecule is COc1ccccc1S(=O)(=O)N1CCCC1c1cccc(Nc2nc(C)cc(C)n2)n1. The quantitative estimate of drug-likeness (QED) is 0.624. The number of anilines is 2. The zero-order chi connectivity index (χ0) is 22.0. The number of rotatable bonds is 6. The Morgan fingerprint density at radius 1 is 1.03 bits per heavy atom. The van der Waals surface area contributed by atoms with Crippen molar-refractivity contribution in [3.05, 3.63) is 65.6 Å². The summed E-state index contributed by atoms with van der Waals surface area (Å²) in [5.74, 6) is 1.37. The number of sulfonamides is 1. The highest BCUT2D eigenvalue weighted by Crippen LogP contribution is 2.38. The Bertz CT molecular complexity index is 1180. The summed E-state index contributed by atoms with van der Waals surface area (Å²) in [5, 5.41) is 3.13. The molecule has 1 atom stereocenters. The molecular weight excluding hydrogens is 414 g/mol. The number of ether oxygens (including phenoxy) is 1. The molecule has 31 heavy (non-hydrogen) atoms. The molecule has 9 heteroatoms. The van der Waals surface area contributed by atoms with Crippen LogP contribution in [0.5, 0.6) is 5.75 Å². The molecule has 3 aromatic rings. The van der Waals surface area contributed by atoms with Gasteiger partial charge in [0.2, 0.25) is 16.0 Å². The van der Waals surface area contributed by atoms with E-state index < -0.39 is 10.0 Å². The number of para-hydroxylation sites is 1. The number of benzene rings is 1. The average Bonchev–Trinajstić information content (AvgIpc) is 3.24. The lowest BCUT2D eigenvalue weighted by atomic mass is 10.1. The van der Waals surface area contributed by atoms with Gasteiger partial charge in [0.05, 0.1) is 18.8 Å². The maximum absolute atomic E-state index is 13.4. The molecule has 0 radical (unpaired) electrons. The largest absolute Gasteiger partial charge is 0.495 e. The summed E-state index contributed by atoms with van der Waals surface area (Å²) in [4.78, 5) is 13.6. The molecule has 1 aromatic carbocycles. The van der Waals surface area contributed by atoms with E-state index in [-0.39, 0.29) is 10.9 Å². The molecule has 8 nitrogen and oxygen atoms in total. The van der Waals surface area contributed by atoms with Gasteiger partial charge in [0.25, 0.3) is 0 Å². The van der Waals surface area contributed by atoms with Crippen LogP contribution >= 0.6 is 0 Å². The summed E-state index contributed by atoms with van der Waals surface area (Å²) in [6, 6.07) is 13.8. The highest BCUT2D eigenvalue weighted by Gasteiger charge is 2.38. The molecule has 162 valence electrons. The van der Waals surface area contributed by atoms with Gasteiger partial charge in [-0.2, -0.15) is 4.31 Å². The molecule has 3 heterocycles. The van der Waals surface area contributed by atoms with Gasteiger partial charge in [0.15, 0.2) is 0 Å². The molecule has 0 aliphatic carbocycles. The summed E-state index contributed by atoms with van der Waals surface area (Å²) >= 11 is 0. The monoisotopic (exact) mass is 439 g/mol. The van der Waals surface area contributed by atoms with Gasteiger partial charge in [0.1, 0.15) is 16.5 Å². The standard InChI is InChI=1S/C22H25N5O3S/c1-15-14-16(2)24-22(23-15)26-21-12-6-8-17(25-21)18-9-7-13-27(18)31(28,29)20-11-5-4-10-19(20)30-3/h4-6,8,10-12,14,18H,7,9,13H2,1-3H3,(H,23,24,25,26). The zero-order valence-corrected chi connectivity index (χ0v) is 18.6. The molecule has 0 amide bonds. The second-order valence-corrected chi connectivity index (χ2v) is 9.33. The Hall–Kier alpha value is -3.04. The fourth-order valence-electron chi connectivity index (χ4n) is 3.88. The number of nitrogens with zero attached hydrogens (tertiary/aromatic N) is 4. The number of aryl methyl sites for hydroxylation is 2. The van der Waals surface area contributed by atoms with Crippen LogP contribution in [0.15, 0.2) is 53.4 Å². The number of methoxy groups -OCH3 is 1. The van der Waals surface area contributed by atoms with Gasteiger partial charge in [-0.05, 0) is 57.0 Å². The van der Waals surface area contributed by atoms with Crippen LogP contribution in [-0.4, -0.2) is 41.3 Å². The van der Waals surface area contributed by atoms with E-state index in [9.17, 15) is 8.42 Å². The predicted octanol–water partition coefficient (Wildman–Crippen LogP) is 3.77. The fourth-order valence-corrected chi connectivity index (χ4v) is 5.71. The third kappa shape index (κ3) is 4.38. The van der Waals surface area contributed by atoms with E-state index in [0.717, 1.165) is 17.8 Å². The molecule has 0 spiro atoms. The average molecular weight is 440 g/mol. The van der Waals surface area contributed by atoms with Gasteiger partial charge >= 0.3 is 0 Å². The van der Waals surface area contributed by atoms with Gasteiger partial charge in [0, 0.05) is 17.9 Å². The molecule has 4 rings (SSSR count). The summed E-state index contributed by atoms with van der Waals surface area (Å²) in [6.07, 6.45) is 1.46. The predicted molar refractivity (Wildman–Crippen MR) is 118 cm³/mol. The lowest BCUT2D eigenvalue weighted by Gasteiger charge is -2.24. The van der Waals surface area contributed by atoms with Crippen LogP contribution in [0.25, 0.3) is 0 Å². The third-order valence-corrected chi connectivity index (χ3v) is 7.14. The van der Waals surface area contributed by atoms with Crippen molar-refractivity contribution in [1.82, 2.24) is 19.3 Å². The van der Waals surface area contributed by atoms with Crippen molar-refractivity contribution >= 4 is 21.8 Å². The molecular formula is C22H25N5O3S. The number of aromatic nitrogens is 3. The van der Waals surface area contributed by atoms with E-state index in [1.807, 2.05) is 38.1 Å². The summed E-state index contributed by atoms with van der Waals surface area (Å²) < 4.78 is 33.7. The molecule has 1 aliphatic rings. The minimum atomic E-state index is -3.74. The third-order valence-electron chi connectivity index (χ3n) is 5.19. The van der Waals surface area contributed by atoms with Crippen LogP contribution in [0.3, 0.4) is 0 Å². The van der Waals surface area contributed by atoms with Crippen molar-refractivity contribution in [3.8, 4) is 5.75 Å². The van der Waals surface area contributed by atoms with Crippen LogP contribution < -0.4 is 10.1 Å². The van der Waals surface area contributed by atoms with Gasteiger partial charge in [-0.3, -0.25) is 0 Å². The van der Waals surface area contributed by atoms with Crippen LogP contribution in [0, 0.1) is 13.8 Å². The Labute approximate surface area is 182 Å². The Morgan fingerprint density at radius 3 is 2.52 bits per heavy atom. The number of nitrogens with one attached hydrogen (secondary N) is 1. The van der Waals surface area contributed by atoms with Crippen LogP contribution in [0.4, 0.5) is 11.8 Å². The molecule has 0 saturated carbocycles. The lowest BCUT2D eigenvalue weighted by molar-refractivity contribution is 0.377. The van der Waals surface area contributed by atoms with Crippen molar-refractivity contribution in [2.24, 2.45) is 0 Å². The van der Waals surface area contributed by atoms with Crippen LogP contribution in [0.2, 0.25) is 0 Å². The maximum atomic E-state index is 13.4. The summed E-state index contributed by atoms with van der Waals surface area (Å²) in [6.45, 7) is 4.25. The highest BCUT2D eigenvalue weighted by atomic mass is 32.2. The van der Waals surface area contributed by atoms with Crippen molar-refractivity contribution in [2.45, 2.75) is 37.6 Å². The first-order valence-electron chi connectivity index (χ1n) is 10.1. The van der Waals surface area contributed by atoms with Crippen molar-refractivity contribution in [1.29, 1.82) is 0 Å². The first kappa shape index (κ1) is 21.2. The number of hydrogen-bond donors (Lipinski definition) is 1. The fraction of sp³-hybridized carbons (Fsp3) is 0.318. The number of pyridine rings is 1. The van der Waals surface area contributed by atoms with Crippen LogP contribution in [-0.2, 0) is 10.0 Å². The zero-order valence-electron chi connectivity index (χ0n) is 17.7. The van der Waals surface area contributed by atoms with Crippen molar-refractivity contribution in [2.75, 3.05) is 19.0 Å². The topological polar surface area (TPSA) is 97.3 Å². The van der Waals surface area contributed by atoms with E-state index in [4.69, 9.17) is 4.74 Å². The maximum Gasteiger partial charge on any atom is 0.247 e. The Morgan fingerprint density at radius 2 is 1.77 bits per heavy atom. The number of hydrogen-bond acceptors (Lipinski definition) is 7. The lowest BCUT2D eigenvalue weighted by Crippen LogP contribution is -2.31. The molecule has 1 saturated heterocycles. The van der Waals surface area contributed by atoms with E-state index >= 15 is 0 Å². The van der Waals surface area contributed by atoms with E-state index in [1.54, 1.807) is 24.3 Å². The van der Waals surface area contributed by atoms with Crippen molar-refractivity contribution < 1.29 is 13.2 Å². The summed E-state index contributed by atoms with van der Waals surface area (Å²) in [7, 11) is -2.26. The molecule has 0 bridgehead atoms. The Kier molecular flexibility index (Phi) is 5.88. The molecule has 2 aromatic heterocycles.